The number of benzene rings is 2. The van der Waals surface area contributed by atoms with Gasteiger partial charge in [0.25, 0.3) is 0 Å². The van der Waals surface area contributed by atoms with E-state index in [0.29, 0.717) is 17.9 Å². The van der Waals surface area contributed by atoms with Gasteiger partial charge in [-0.2, -0.15) is 0 Å². The van der Waals surface area contributed by atoms with E-state index in [2.05, 4.69) is 80.3 Å². The number of carbonyl (C=O) groups excluding carboxylic acids is 1. The van der Waals surface area contributed by atoms with Crippen LogP contribution in [-0.4, -0.2) is 22.8 Å². The molecule has 0 N–H and O–H groups in total. The van der Waals surface area contributed by atoms with Crippen LogP contribution in [0.2, 0.25) is 0 Å². The number of carbonyl (C=O) groups is 1. The summed E-state index contributed by atoms with van der Waals surface area (Å²) in [5, 5.41) is 0. The van der Waals surface area contributed by atoms with Crippen molar-refractivity contribution < 1.29 is 4.79 Å². The molecule has 0 saturated carbocycles. The summed E-state index contributed by atoms with van der Waals surface area (Å²) in [4.78, 5) is 15.9. The van der Waals surface area contributed by atoms with Crippen LogP contribution in [0.1, 0.15) is 74.4 Å². The Bertz CT molecular complexity index is 789. The third-order valence-electron chi connectivity index (χ3n) is 6.74. The molecule has 2 heterocycles. The number of rotatable bonds is 4. The van der Waals surface area contributed by atoms with Crippen LogP contribution >= 0.6 is 0 Å². The second-order valence-electron chi connectivity index (χ2n) is 9.76. The molecule has 2 aromatic carbocycles. The highest BCUT2D eigenvalue weighted by molar-refractivity contribution is 5.98. The maximum Gasteiger partial charge on any atom is 0.166 e. The molecule has 2 heteroatoms. The number of nitrogens with zero attached hydrogens (tertiary/aromatic N) is 1. The van der Waals surface area contributed by atoms with E-state index < -0.39 is 0 Å². The molecule has 28 heavy (non-hydrogen) atoms. The average Bonchev–Trinajstić information content (AvgIpc) is 2.67. The number of hydrogen-bond acceptors (Lipinski definition) is 2. The highest BCUT2D eigenvalue weighted by Gasteiger charge is 2.40. The SMILES string of the molecule is CC(C)(C)c1ccc(C(=O)C2CC3CCCC(C2)N3Cc2ccccc2)cc1. The standard InChI is InChI=1S/C26H33NO/c1-26(2,3)22-14-12-20(13-15-22)25(28)21-16-23-10-7-11-24(17-21)27(23)18-19-8-5-4-6-9-19/h4-6,8-9,12-15,21,23-24H,7,10-11,16-18H2,1-3H3. The summed E-state index contributed by atoms with van der Waals surface area (Å²) < 4.78 is 0. The zero-order valence-electron chi connectivity index (χ0n) is 17.5. The van der Waals surface area contributed by atoms with Gasteiger partial charge in [0.2, 0.25) is 0 Å². The fourth-order valence-corrected chi connectivity index (χ4v) is 5.12. The Hall–Kier alpha value is -1.93. The van der Waals surface area contributed by atoms with Crippen molar-refractivity contribution >= 4 is 5.78 Å². The van der Waals surface area contributed by atoms with Crippen LogP contribution in [-0.2, 0) is 12.0 Å². The summed E-state index contributed by atoms with van der Waals surface area (Å²) in [5.74, 6) is 0.541. The number of fused-ring (bicyclic) bond motifs is 2. The maximum absolute atomic E-state index is 13.2. The lowest BCUT2D eigenvalue weighted by Crippen LogP contribution is -2.52. The van der Waals surface area contributed by atoms with Crippen molar-refractivity contribution in [3.63, 3.8) is 0 Å². The van der Waals surface area contributed by atoms with Crippen molar-refractivity contribution in [2.75, 3.05) is 0 Å². The summed E-state index contributed by atoms with van der Waals surface area (Å²) in [7, 11) is 0. The van der Waals surface area contributed by atoms with Crippen LogP contribution in [0.15, 0.2) is 54.6 Å². The topological polar surface area (TPSA) is 20.3 Å². The molecule has 2 bridgehead atoms. The van der Waals surface area contributed by atoms with E-state index in [1.54, 1.807) is 0 Å². The van der Waals surface area contributed by atoms with Crippen LogP contribution in [0.4, 0.5) is 0 Å². The maximum atomic E-state index is 13.2. The number of hydrogen-bond donors (Lipinski definition) is 0. The zero-order chi connectivity index (χ0) is 19.7. The minimum absolute atomic E-state index is 0.126. The Kier molecular flexibility index (Phi) is 5.42. The summed E-state index contributed by atoms with van der Waals surface area (Å²) in [5.41, 5.74) is 3.70. The highest BCUT2D eigenvalue weighted by Crippen LogP contribution is 2.39. The molecule has 2 unspecified atom stereocenters. The smallest absolute Gasteiger partial charge is 0.166 e. The number of piperidine rings is 2. The number of ketones is 1. The lowest BCUT2D eigenvalue weighted by Gasteiger charge is -2.48. The highest BCUT2D eigenvalue weighted by atomic mass is 16.1. The van der Waals surface area contributed by atoms with Gasteiger partial charge in [0.15, 0.2) is 5.78 Å². The molecule has 0 radical (unpaired) electrons. The van der Waals surface area contributed by atoms with Gasteiger partial charge in [-0.1, -0.05) is 81.8 Å². The molecule has 0 aliphatic carbocycles. The van der Waals surface area contributed by atoms with Gasteiger partial charge in [-0.25, -0.2) is 0 Å². The fourth-order valence-electron chi connectivity index (χ4n) is 5.12. The molecule has 2 aromatic rings. The van der Waals surface area contributed by atoms with E-state index in [1.807, 2.05) is 0 Å². The molecule has 2 saturated heterocycles. The van der Waals surface area contributed by atoms with Crippen molar-refractivity contribution in [2.45, 2.75) is 76.9 Å². The lowest BCUT2D eigenvalue weighted by atomic mass is 9.75. The second-order valence-corrected chi connectivity index (χ2v) is 9.76. The Balaban J connectivity index is 1.47. The summed E-state index contributed by atoms with van der Waals surface area (Å²) in [6, 6.07) is 20.3. The first-order valence-corrected chi connectivity index (χ1v) is 10.9. The van der Waals surface area contributed by atoms with Crippen molar-refractivity contribution in [2.24, 2.45) is 5.92 Å². The summed E-state index contributed by atoms with van der Waals surface area (Å²) in [6.45, 7) is 7.67. The van der Waals surface area contributed by atoms with E-state index >= 15 is 0 Å². The van der Waals surface area contributed by atoms with Gasteiger partial charge >= 0.3 is 0 Å². The molecule has 4 rings (SSSR count). The molecule has 2 fully saturated rings. The average molecular weight is 376 g/mol. The van der Waals surface area contributed by atoms with Gasteiger partial charge in [0.05, 0.1) is 0 Å². The molecular formula is C26H33NO. The van der Waals surface area contributed by atoms with E-state index in [9.17, 15) is 4.79 Å². The van der Waals surface area contributed by atoms with Crippen molar-refractivity contribution in [3.05, 3.63) is 71.3 Å². The summed E-state index contributed by atoms with van der Waals surface area (Å²) in [6.07, 6.45) is 5.81. The Morgan fingerprint density at radius 2 is 1.54 bits per heavy atom. The van der Waals surface area contributed by atoms with Crippen LogP contribution in [0.25, 0.3) is 0 Å². The van der Waals surface area contributed by atoms with Gasteiger partial charge in [0, 0.05) is 30.1 Å². The predicted octanol–water partition coefficient (Wildman–Crippen LogP) is 6.00. The molecule has 0 spiro atoms. The third kappa shape index (κ3) is 4.07. The lowest BCUT2D eigenvalue weighted by molar-refractivity contribution is 0.00906. The van der Waals surface area contributed by atoms with Crippen LogP contribution in [0, 0.1) is 5.92 Å². The molecule has 2 atom stereocenters. The molecule has 2 nitrogen and oxygen atoms in total. The van der Waals surface area contributed by atoms with E-state index in [0.717, 1.165) is 24.9 Å². The van der Waals surface area contributed by atoms with Gasteiger partial charge in [-0.15, -0.1) is 0 Å². The van der Waals surface area contributed by atoms with Crippen LogP contribution in [0.5, 0.6) is 0 Å². The quantitative estimate of drug-likeness (QED) is 0.611. The molecular weight excluding hydrogens is 342 g/mol. The van der Waals surface area contributed by atoms with E-state index in [-0.39, 0.29) is 11.3 Å². The van der Waals surface area contributed by atoms with Crippen molar-refractivity contribution in [3.8, 4) is 0 Å². The Labute approximate surface area is 170 Å². The van der Waals surface area contributed by atoms with Gasteiger partial charge in [-0.3, -0.25) is 9.69 Å². The van der Waals surface area contributed by atoms with E-state index in [4.69, 9.17) is 0 Å². The predicted molar refractivity (Wildman–Crippen MR) is 116 cm³/mol. The van der Waals surface area contributed by atoms with Crippen LogP contribution in [0.3, 0.4) is 0 Å². The molecule has 0 aromatic heterocycles. The first kappa shape index (κ1) is 19.4. The van der Waals surface area contributed by atoms with Gasteiger partial charge in [-0.05, 0) is 42.2 Å². The summed E-state index contributed by atoms with van der Waals surface area (Å²) >= 11 is 0. The third-order valence-corrected chi connectivity index (χ3v) is 6.74. The van der Waals surface area contributed by atoms with Crippen molar-refractivity contribution in [1.82, 2.24) is 4.90 Å². The van der Waals surface area contributed by atoms with Gasteiger partial charge in [0.1, 0.15) is 0 Å². The van der Waals surface area contributed by atoms with Crippen LogP contribution < -0.4 is 0 Å². The Morgan fingerprint density at radius 1 is 0.929 bits per heavy atom. The normalized spacial score (nSPS) is 25.5. The first-order valence-electron chi connectivity index (χ1n) is 10.9. The van der Waals surface area contributed by atoms with Gasteiger partial charge < -0.3 is 0 Å². The molecule has 148 valence electrons. The Morgan fingerprint density at radius 3 is 2.11 bits per heavy atom. The minimum Gasteiger partial charge on any atom is -0.294 e. The van der Waals surface area contributed by atoms with E-state index in [1.165, 1.54) is 30.4 Å². The van der Waals surface area contributed by atoms with Crippen molar-refractivity contribution in [1.29, 1.82) is 0 Å². The first-order chi connectivity index (χ1) is 13.4. The fraction of sp³-hybridized carbons (Fsp3) is 0.500. The largest absolute Gasteiger partial charge is 0.294 e. The number of Topliss-reactive ketones (excluding diaryl/α,β-unsaturated/α-hetero) is 1. The molecule has 2 aliphatic heterocycles. The zero-order valence-corrected chi connectivity index (χ0v) is 17.5. The second kappa shape index (κ2) is 7.83. The molecule has 2 aliphatic rings. The monoisotopic (exact) mass is 375 g/mol. The minimum atomic E-state index is 0.126. The molecule has 0 amide bonds.